The van der Waals surface area contributed by atoms with Crippen LogP contribution in [-0.2, 0) is 27.1 Å². The predicted octanol–water partition coefficient (Wildman–Crippen LogP) is 2.72. The fraction of sp³-hybridized carbons (Fsp3) is 0.647. The van der Waals surface area contributed by atoms with Crippen LogP contribution in [0.25, 0.3) is 0 Å². The van der Waals surface area contributed by atoms with Gasteiger partial charge >= 0.3 is 5.97 Å². The molecule has 0 fully saturated rings. The largest absolute Gasteiger partial charge is 0.448 e. The third kappa shape index (κ3) is 5.32. The first kappa shape index (κ1) is 17.9. The van der Waals surface area contributed by atoms with Crippen molar-refractivity contribution in [2.24, 2.45) is 0 Å². The summed E-state index contributed by atoms with van der Waals surface area (Å²) in [5, 5.41) is 2.67. The van der Waals surface area contributed by atoms with Crippen LogP contribution >= 0.6 is 11.3 Å². The maximum atomic E-state index is 12.3. The summed E-state index contributed by atoms with van der Waals surface area (Å²) in [4.78, 5) is 26.0. The van der Waals surface area contributed by atoms with Crippen LogP contribution in [0.1, 0.15) is 52.7 Å². The Morgan fingerprint density at radius 3 is 2.74 bits per heavy atom. The molecule has 128 valence electrons. The SMILES string of the molecule is COCCNC(=O)[C@@H](C)OC(=O)c1cc2c(s1)CCCCCC2. The summed E-state index contributed by atoms with van der Waals surface area (Å²) in [7, 11) is 1.57. The number of carbonyl (C=O) groups excluding carboxylic acids is 2. The summed E-state index contributed by atoms with van der Waals surface area (Å²) >= 11 is 1.51. The topological polar surface area (TPSA) is 64.6 Å². The molecule has 1 N–H and O–H groups in total. The molecule has 1 aliphatic carbocycles. The van der Waals surface area contributed by atoms with Gasteiger partial charge in [-0.3, -0.25) is 4.79 Å². The fourth-order valence-corrected chi connectivity index (χ4v) is 3.77. The van der Waals surface area contributed by atoms with Gasteiger partial charge in [0.15, 0.2) is 6.10 Å². The molecule has 0 spiro atoms. The van der Waals surface area contributed by atoms with Gasteiger partial charge in [0.05, 0.1) is 6.61 Å². The number of amides is 1. The highest BCUT2D eigenvalue weighted by Gasteiger charge is 2.21. The number of hydrogen-bond acceptors (Lipinski definition) is 5. The van der Waals surface area contributed by atoms with Crippen molar-refractivity contribution in [3.8, 4) is 0 Å². The molecule has 1 aliphatic rings. The number of ether oxygens (including phenoxy) is 2. The van der Waals surface area contributed by atoms with Crippen molar-refractivity contribution in [1.29, 1.82) is 0 Å². The molecule has 1 heterocycles. The van der Waals surface area contributed by atoms with Crippen LogP contribution in [0, 0.1) is 0 Å². The lowest BCUT2D eigenvalue weighted by Gasteiger charge is -2.12. The molecule has 0 aliphatic heterocycles. The number of nitrogens with one attached hydrogen (secondary N) is 1. The van der Waals surface area contributed by atoms with Crippen molar-refractivity contribution in [3.63, 3.8) is 0 Å². The van der Waals surface area contributed by atoms with Crippen molar-refractivity contribution in [1.82, 2.24) is 5.32 Å². The van der Waals surface area contributed by atoms with Gasteiger partial charge in [0.1, 0.15) is 4.88 Å². The zero-order chi connectivity index (χ0) is 16.7. The molecule has 0 aromatic carbocycles. The van der Waals surface area contributed by atoms with Crippen LogP contribution in [0.2, 0.25) is 0 Å². The Bertz CT molecular complexity index is 515. The minimum atomic E-state index is -0.802. The van der Waals surface area contributed by atoms with Gasteiger partial charge < -0.3 is 14.8 Å². The highest BCUT2D eigenvalue weighted by atomic mass is 32.1. The normalized spacial score (nSPS) is 15.9. The van der Waals surface area contributed by atoms with Crippen LogP contribution < -0.4 is 5.32 Å². The molecule has 2 rings (SSSR count). The zero-order valence-corrected chi connectivity index (χ0v) is 14.7. The molecule has 0 bridgehead atoms. The van der Waals surface area contributed by atoms with Gasteiger partial charge in [-0.05, 0) is 44.2 Å². The molecule has 0 unspecified atom stereocenters. The molecule has 23 heavy (non-hydrogen) atoms. The molecular formula is C17H25NO4S. The second-order valence-electron chi connectivity index (χ2n) is 5.80. The molecule has 1 amide bonds. The Labute approximate surface area is 141 Å². The smallest absolute Gasteiger partial charge is 0.349 e. The molecule has 1 aromatic heterocycles. The summed E-state index contributed by atoms with van der Waals surface area (Å²) in [5.41, 5.74) is 1.28. The van der Waals surface area contributed by atoms with Gasteiger partial charge in [-0.1, -0.05) is 12.8 Å². The summed E-state index contributed by atoms with van der Waals surface area (Å²) in [6, 6.07) is 1.95. The van der Waals surface area contributed by atoms with Gasteiger partial charge in [-0.25, -0.2) is 4.79 Å². The highest BCUT2D eigenvalue weighted by Crippen LogP contribution is 2.29. The maximum absolute atomic E-state index is 12.3. The van der Waals surface area contributed by atoms with E-state index in [1.807, 2.05) is 6.07 Å². The zero-order valence-electron chi connectivity index (χ0n) is 13.9. The second kappa shape index (κ2) is 9.03. The van der Waals surface area contributed by atoms with E-state index in [1.54, 1.807) is 14.0 Å². The number of fused-ring (bicyclic) bond motifs is 1. The maximum Gasteiger partial charge on any atom is 0.349 e. The first-order valence-electron chi connectivity index (χ1n) is 8.21. The molecule has 0 saturated carbocycles. The highest BCUT2D eigenvalue weighted by molar-refractivity contribution is 7.14. The minimum absolute atomic E-state index is 0.301. The molecule has 0 saturated heterocycles. The third-order valence-corrected chi connectivity index (χ3v) is 5.17. The molecule has 1 atom stereocenters. The van der Waals surface area contributed by atoms with Crippen molar-refractivity contribution in [2.75, 3.05) is 20.3 Å². The number of rotatable bonds is 6. The lowest BCUT2D eigenvalue weighted by molar-refractivity contribution is -0.129. The van der Waals surface area contributed by atoms with Crippen molar-refractivity contribution in [3.05, 3.63) is 21.4 Å². The van der Waals surface area contributed by atoms with Crippen LogP contribution in [0.4, 0.5) is 0 Å². The number of esters is 1. The standard InChI is InChI=1S/C17H25NO4S/c1-12(16(19)18-9-10-21-2)22-17(20)15-11-13-7-5-3-4-6-8-14(13)23-15/h11-12H,3-10H2,1-2H3,(H,18,19)/t12-/m1/s1. The minimum Gasteiger partial charge on any atom is -0.448 e. The lowest BCUT2D eigenvalue weighted by Crippen LogP contribution is -2.37. The quantitative estimate of drug-likeness (QED) is 0.639. The fourth-order valence-electron chi connectivity index (χ4n) is 2.64. The first-order valence-corrected chi connectivity index (χ1v) is 9.02. The summed E-state index contributed by atoms with van der Waals surface area (Å²) < 4.78 is 10.2. The summed E-state index contributed by atoms with van der Waals surface area (Å²) in [6.07, 6.45) is 6.15. The van der Waals surface area contributed by atoms with E-state index in [0.717, 1.165) is 12.8 Å². The number of carbonyl (C=O) groups is 2. The van der Waals surface area contributed by atoms with Crippen LogP contribution in [-0.4, -0.2) is 38.2 Å². The van der Waals surface area contributed by atoms with E-state index in [4.69, 9.17) is 9.47 Å². The summed E-state index contributed by atoms with van der Waals surface area (Å²) in [5.74, 6) is -0.707. The molecule has 5 nitrogen and oxygen atoms in total. The van der Waals surface area contributed by atoms with E-state index in [9.17, 15) is 9.59 Å². The van der Waals surface area contributed by atoms with Gasteiger partial charge in [0.25, 0.3) is 5.91 Å². The van der Waals surface area contributed by atoms with Crippen LogP contribution in [0.3, 0.4) is 0 Å². The predicted molar refractivity (Wildman–Crippen MR) is 90.0 cm³/mol. The van der Waals surface area contributed by atoms with E-state index in [2.05, 4.69) is 5.32 Å². The van der Waals surface area contributed by atoms with Crippen LogP contribution in [0.5, 0.6) is 0 Å². The Balaban J connectivity index is 1.92. The van der Waals surface area contributed by atoms with Crippen LogP contribution in [0.15, 0.2) is 6.07 Å². The molecule has 0 radical (unpaired) electrons. The number of methoxy groups -OCH3 is 1. The van der Waals surface area contributed by atoms with Gasteiger partial charge in [0.2, 0.25) is 0 Å². The van der Waals surface area contributed by atoms with Crippen molar-refractivity contribution < 1.29 is 19.1 Å². The third-order valence-electron chi connectivity index (χ3n) is 3.96. The average Bonchev–Trinajstić information content (AvgIpc) is 2.89. The number of thiophene rings is 1. The molecular weight excluding hydrogens is 314 g/mol. The van der Waals surface area contributed by atoms with E-state index in [-0.39, 0.29) is 5.91 Å². The number of hydrogen-bond donors (Lipinski definition) is 1. The van der Waals surface area contributed by atoms with Crippen molar-refractivity contribution >= 4 is 23.2 Å². The van der Waals surface area contributed by atoms with Gasteiger partial charge in [0, 0.05) is 18.5 Å². The van der Waals surface area contributed by atoms with E-state index >= 15 is 0 Å². The van der Waals surface area contributed by atoms with E-state index < -0.39 is 12.1 Å². The summed E-state index contributed by atoms with van der Waals surface area (Å²) in [6.45, 7) is 2.43. The van der Waals surface area contributed by atoms with E-state index in [1.165, 1.54) is 47.5 Å². The number of aryl methyl sites for hydroxylation is 2. The Hall–Kier alpha value is -1.40. The second-order valence-corrected chi connectivity index (χ2v) is 6.94. The lowest BCUT2D eigenvalue weighted by atomic mass is 10.00. The first-order chi connectivity index (χ1) is 11.1. The van der Waals surface area contributed by atoms with Crippen molar-refractivity contribution in [2.45, 2.75) is 51.6 Å². The van der Waals surface area contributed by atoms with Gasteiger partial charge in [-0.2, -0.15) is 0 Å². The Morgan fingerprint density at radius 1 is 1.26 bits per heavy atom. The molecule has 6 heteroatoms. The Morgan fingerprint density at radius 2 is 2.00 bits per heavy atom. The van der Waals surface area contributed by atoms with Gasteiger partial charge in [-0.15, -0.1) is 11.3 Å². The monoisotopic (exact) mass is 339 g/mol. The average molecular weight is 339 g/mol. The molecule has 1 aromatic rings. The van der Waals surface area contributed by atoms with E-state index in [0.29, 0.717) is 18.0 Å². The Kier molecular flexibility index (Phi) is 7.05.